The van der Waals surface area contributed by atoms with Crippen LogP contribution in [0, 0.1) is 18.8 Å². The number of allylic oxidation sites excluding steroid dienone is 1. The maximum atomic E-state index is 14.3. The van der Waals surface area contributed by atoms with E-state index in [1.165, 1.54) is 6.08 Å². The molecule has 4 rings (SSSR count). The number of halogens is 1. The van der Waals surface area contributed by atoms with Crippen LogP contribution < -0.4 is 5.32 Å². The summed E-state index contributed by atoms with van der Waals surface area (Å²) in [4.78, 5) is 30.2. The smallest absolute Gasteiger partial charge is 0.231 e. The van der Waals surface area contributed by atoms with Gasteiger partial charge in [-0.2, -0.15) is 0 Å². The largest absolute Gasteiger partial charge is 0.352 e. The fraction of sp³-hybridized carbons (Fsp3) is 0.375. The van der Waals surface area contributed by atoms with Gasteiger partial charge in [-0.25, -0.2) is 4.39 Å². The first kappa shape index (κ1) is 19.5. The third kappa shape index (κ3) is 4.00. The van der Waals surface area contributed by atoms with Crippen molar-refractivity contribution < 1.29 is 14.0 Å². The lowest BCUT2D eigenvalue weighted by Gasteiger charge is -2.45. The Bertz CT molecular complexity index is 927. The molecule has 4 nitrogen and oxygen atoms in total. The molecule has 1 saturated heterocycles. The number of rotatable bonds is 4. The van der Waals surface area contributed by atoms with E-state index in [2.05, 4.69) is 10.3 Å². The molecule has 2 aliphatic rings. The Morgan fingerprint density at radius 1 is 1.21 bits per heavy atom. The first-order chi connectivity index (χ1) is 14.0. The molecule has 1 aliphatic heterocycles. The van der Waals surface area contributed by atoms with Gasteiger partial charge in [0.2, 0.25) is 5.91 Å². The zero-order chi connectivity index (χ0) is 20.4. The van der Waals surface area contributed by atoms with E-state index in [-0.39, 0.29) is 29.6 Å². The number of carbonyl (C=O) groups is 2. The van der Waals surface area contributed by atoms with Crippen LogP contribution in [0.2, 0.25) is 0 Å². The van der Waals surface area contributed by atoms with Gasteiger partial charge in [0, 0.05) is 24.4 Å². The highest BCUT2D eigenvalue weighted by atomic mass is 19.1. The van der Waals surface area contributed by atoms with Gasteiger partial charge in [-0.15, -0.1) is 0 Å². The van der Waals surface area contributed by atoms with Gasteiger partial charge < -0.3 is 5.32 Å². The first-order valence-electron chi connectivity index (χ1n) is 10.2. The van der Waals surface area contributed by atoms with Crippen LogP contribution in [0.15, 0.2) is 54.9 Å². The van der Waals surface area contributed by atoms with Gasteiger partial charge in [0.05, 0.1) is 0 Å². The molecule has 1 aromatic carbocycles. The maximum Gasteiger partial charge on any atom is 0.231 e. The van der Waals surface area contributed by atoms with Gasteiger partial charge in [-0.3, -0.25) is 14.6 Å². The summed E-state index contributed by atoms with van der Waals surface area (Å²) >= 11 is 0. The van der Waals surface area contributed by atoms with E-state index in [4.69, 9.17) is 0 Å². The number of ketones is 1. The van der Waals surface area contributed by atoms with Gasteiger partial charge in [0.15, 0.2) is 5.78 Å². The monoisotopic (exact) mass is 392 g/mol. The Hall–Kier alpha value is -2.82. The molecule has 5 heteroatoms. The summed E-state index contributed by atoms with van der Waals surface area (Å²) < 4.78 is 14.3. The van der Waals surface area contributed by atoms with Gasteiger partial charge in [0.25, 0.3) is 0 Å². The van der Waals surface area contributed by atoms with E-state index in [1.807, 2.05) is 43.3 Å². The number of nitrogens with one attached hydrogen (secondary N) is 1. The van der Waals surface area contributed by atoms with E-state index >= 15 is 0 Å². The Morgan fingerprint density at radius 3 is 2.76 bits per heavy atom. The molecular formula is C24H25FN2O2. The highest BCUT2D eigenvalue weighted by molar-refractivity contribution is 6.09. The van der Waals surface area contributed by atoms with Crippen LogP contribution in [-0.4, -0.2) is 28.9 Å². The van der Waals surface area contributed by atoms with Crippen molar-refractivity contribution in [3.63, 3.8) is 0 Å². The highest BCUT2D eigenvalue weighted by Crippen LogP contribution is 2.45. The van der Waals surface area contributed by atoms with Crippen molar-refractivity contribution >= 4 is 17.8 Å². The Kier molecular flexibility index (Phi) is 5.56. The van der Waals surface area contributed by atoms with Crippen molar-refractivity contribution in [2.24, 2.45) is 11.8 Å². The van der Waals surface area contributed by atoms with Crippen molar-refractivity contribution in [1.82, 2.24) is 10.3 Å². The lowest BCUT2D eigenvalue weighted by Crippen LogP contribution is -2.57. The fourth-order valence-corrected chi connectivity index (χ4v) is 4.76. The molecule has 2 fully saturated rings. The van der Waals surface area contributed by atoms with Crippen LogP contribution in [0.25, 0.3) is 6.08 Å². The van der Waals surface area contributed by atoms with Crippen LogP contribution >= 0.6 is 0 Å². The number of carbonyl (C=O) groups excluding carboxylic acids is 2. The summed E-state index contributed by atoms with van der Waals surface area (Å²) in [5, 5.41) is 3.01. The van der Waals surface area contributed by atoms with E-state index < -0.39 is 12.1 Å². The number of pyridine rings is 1. The third-order valence-corrected chi connectivity index (χ3v) is 6.26. The minimum Gasteiger partial charge on any atom is -0.352 e. The summed E-state index contributed by atoms with van der Waals surface area (Å²) in [7, 11) is 0. The molecule has 0 radical (unpaired) electrons. The lowest BCUT2D eigenvalue weighted by atomic mass is 9.64. The third-order valence-electron chi connectivity index (χ3n) is 6.26. The average Bonchev–Trinajstić information content (AvgIpc) is 2.73. The Labute approximate surface area is 170 Å². The van der Waals surface area contributed by atoms with Crippen molar-refractivity contribution in [2.75, 3.05) is 0 Å². The minimum atomic E-state index is -0.887. The van der Waals surface area contributed by atoms with Gasteiger partial charge in [-0.1, -0.05) is 30.3 Å². The van der Waals surface area contributed by atoms with Crippen LogP contribution in [0.1, 0.15) is 41.9 Å². The predicted octanol–water partition coefficient (Wildman–Crippen LogP) is 4.01. The molecule has 2 heterocycles. The van der Waals surface area contributed by atoms with Gasteiger partial charge >= 0.3 is 0 Å². The number of hydrogen-bond donors (Lipinski definition) is 1. The number of alkyl halides is 1. The van der Waals surface area contributed by atoms with Gasteiger partial charge in [-0.05, 0) is 67.0 Å². The summed E-state index contributed by atoms with van der Waals surface area (Å²) in [6, 6.07) is 11.4. The molecule has 29 heavy (non-hydrogen) atoms. The molecule has 1 N–H and O–H groups in total. The molecule has 1 aliphatic carbocycles. The quantitative estimate of drug-likeness (QED) is 0.632. The topological polar surface area (TPSA) is 59.1 Å². The van der Waals surface area contributed by atoms with Crippen LogP contribution in [-0.2, 0) is 9.59 Å². The molecule has 1 amide bonds. The maximum absolute atomic E-state index is 14.3. The number of hydrogen-bond acceptors (Lipinski definition) is 3. The highest BCUT2D eigenvalue weighted by Gasteiger charge is 2.49. The van der Waals surface area contributed by atoms with E-state index in [0.29, 0.717) is 19.3 Å². The molecule has 0 bridgehead atoms. The summed E-state index contributed by atoms with van der Waals surface area (Å²) in [6.45, 7) is 1.94. The molecule has 5 unspecified atom stereocenters. The van der Waals surface area contributed by atoms with Crippen LogP contribution in [0.4, 0.5) is 4.39 Å². The van der Waals surface area contributed by atoms with Crippen molar-refractivity contribution in [2.45, 2.75) is 44.3 Å². The number of aromatic nitrogens is 1. The van der Waals surface area contributed by atoms with E-state index in [1.54, 1.807) is 18.5 Å². The molecule has 1 aromatic heterocycles. The predicted molar refractivity (Wildman–Crippen MR) is 110 cm³/mol. The van der Waals surface area contributed by atoms with Crippen molar-refractivity contribution in [3.05, 3.63) is 71.6 Å². The van der Waals surface area contributed by atoms with Gasteiger partial charge in [0.1, 0.15) is 12.1 Å². The normalized spacial score (nSPS) is 29.3. The molecular weight excluding hydrogens is 367 g/mol. The number of piperidine rings is 1. The number of benzene rings is 1. The molecule has 5 atom stereocenters. The first-order valence-corrected chi connectivity index (χ1v) is 10.2. The fourth-order valence-electron chi connectivity index (χ4n) is 4.76. The molecule has 0 spiro atoms. The lowest BCUT2D eigenvalue weighted by molar-refractivity contribution is -0.138. The second-order valence-corrected chi connectivity index (χ2v) is 8.07. The molecule has 2 aromatic rings. The zero-order valence-corrected chi connectivity index (χ0v) is 16.4. The number of nitrogens with zero attached hydrogens (tertiary/aromatic N) is 1. The molecule has 150 valence electrons. The zero-order valence-electron chi connectivity index (χ0n) is 16.4. The Morgan fingerprint density at radius 2 is 2.00 bits per heavy atom. The number of fused-ring (bicyclic) bond motifs is 1. The standard InChI is InChI=1S/C24H25FN2O2/c1-15-11-12-26-14-17(15)7-10-21(28)23-22(16-5-3-2-4-6-16)19-13-18(25)8-9-20(19)27-24(23)29/h2-7,10-12,14,18-20,22-23H,8-9,13H2,1H3,(H,27,29)/b10-7+. The average molecular weight is 392 g/mol. The SMILES string of the molecule is Cc1ccncc1/C=C/C(=O)C1C(=O)NC2CCC(F)CC2C1c1ccccc1. The summed E-state index contributed by atoms with van der Waals surface area (Å²) in [5.74, 6) is -1.76. The Balaban J connectivity index is 1.68. The van der Waals surface area contributed by atoms with Crippen LogP contribution in [0.5, 0.6) is 0 Å². The van der Waals surface area contributed by atoms with E-state index in [0.717, 1.165) is 16.7 Å². The van der Waals surface area contributed by atoms with Crippen molar-refractivity contribution in [3.8, 4) is 0 Å². The summed E-state index contributed by atoms with van der Waals surface area (Å²) in [5.41, 5.74) is 2.77. The summed E-state index contributed by atoms with van der Waals surface area (Å²) in [6.07, 6.45) is 7.14. The second-order valence-electron chi connectivity index (χ2n) is 8.07. The number of amides is 1. The van der Waals surface area contributed by atoms with Crippen molar-refractivity contribution in [1.29, 1.82) is 0 Å². The molecule has 1 saturated carbocycles. The van der Waals surface area contributed by atoms with Crippen LogP contribution in [0.3, 0.4) is 0 Å². The number of aryl methyl sites for hydroxylation is 1. The second kappa shape index (κ2) is 8.27. The van der Waals surface area contributed by atoms with E-state index in [9.17, 15) is 14.0 Å². The minimum absolute atomic E-state index is 0.0756.